The van der Waals surface area contributed by atoms with Crippen molar-refractivity contribution in [3.8, 4) is 23.3 Å². The number of fused-ring (bicyclic) bond motifs is 2. The van der Waals surface area contributed by atoms with Crippen molar-refractivity contribution < 1.29 is 18.3 Å². The number of ether oxygens (including phenoxy) is 1. The summed E-state index contributed by atoms with van der Waals surface area (Å²) in [5.74, 6) is -2.14. The fourth-order valence-electron chi connectivity index (χ4n) is 6.12. The average molecular weight is 584 g/mol. The number of hydrogen-bond acceptors (Lipinski definition) is 8. The minimum absolute atomic E-state index is 0.0203. The van der Waals surface area contributed by atoms with Crippen molar-refractivity contribution in [3.63, 3.8) is 0 Å². The molecule has 0 unspecified atom stereocenters. The summed E-state index contributed by atoms with van der Waals surface area (Å²) in [6.45, 7) is 7.24. The van der Waals surface area contributed by atoms with E-state index >= 15 is 4.39 Å². The molecule has 2 fully saturated rings. The van der Waals surface area contributed by atoms with Crippen molar-refractivity contribution in [2.45, 2.75) is 31.9 Å². The molecule has 220 valence electrons. The SMILES string of the molecule is C=C(F)C(=O)N1CCN(c2nc(O[C@@H]3CCN(C)C3)nc3c(F)c(-c4cccc5cccc(C)c45)ncc23)C[C@@H]1CC#N. The standard InChI is InChI=1S/C32H31F2N7O2/c1-19-6-4-7-21-8-5-9-24(26(19)21)28-27(34)29-25(16-36-28)30(38-32(37-29)43-23-11-13-39(3)18-23)40-14-15-41(31(42)20(2)33)22(17-40)10-12-35/h4-9,16,22-23H,2,10-11,13-15,17-18H2,1,3H3/t22-,23+/m0/s1. The molecule has 2 aromatic carbocycles. The number of carbonyl (C=O) groups is 1. The maximum Gasteiger partial charge on any atom is 0.319 e. The number of aryl methyl sites for hydroxylation is 1. The number of carbonyl (C=O) groups excluding carboxylic acids is 1. The van der Waals surface area contributed by atoms with Crippen LogP contribution < -0.4 is 9.64 Å². The molecule has 9 nitrogen and oxygen atoms in total. The zero-order valence-electron chi connectivity index (χ0n) is 24.1. The maximum atomic E-state index is 16.6. The highest BCUT2D eigenvalue weighted by Gasteiger charge is 2.34. The van der Waals surface area contributed by atoms with Gasteiger partial charge in [0.15, 0.2) is 11.6 Å². The number of likely N-dealkylation sites (tertiary alicyclic amines) is 1. The molecule has 0 bridgehead atoms. The molecule has 0 aliphatic carbocycles. The molecule has 2 aromatic heterocycles. The second-order valence-corrected chi connectivity index (χ2v) is 11.1. The van der Waals surface area contributed by atoms with Gasteiger partial charge in [-0.05, 0) is 36.7 Å². The van der Waals surface area contributed by atoms with Crippen LogP contribution >= 0.6 is 0 Å². The van der Waals surface area contributed by atoms with Crippen LogP contribution in [-0.2, 0) is 4.79 Å². The molecule has 0 spiro atoms. The van der Waals surface area contributed by atoms with Gasteiger partial charge in [-0.25, -0.2) is 8.78 Å². The lowest BCUT2D eigenvalue weighted by molar-refractivity contribution is -0.131. The topological polar surface area (TPSA) is 98.5 Å². The van der Waals surface area contributed by atoms with Crippen LogP contribution in [0.1, 0.15) is 18.4 Å². The first-order valence-corrected chi connectivity index (χ1v) is 14.2. The summed E-state index contributed by atoms with van der Waals surface area (Å²) >= 11 is 0. The van der Waals surface area contributed by atoms with Crippen molar-refractivity contribution in [1.29, 1.82) is 5.26 Å². The first kappa shape index (κ1) is 28.4. The van der Waals surface area contributed by atoms with Gasteiger partial charge in [-0.15, -0.1) is 0 Å². The van der Waals surface area contributed by atoms with Crippen LogP contribution in [0.3, 0.4) is 0 Å². The fraction of sp³-hybridized carbons (Fsp3) is 0.344. The van der Waals surface area contributed by atoms with Crippen LogP contribution in [0, 0.1) is 24.1 Å². The summed E-state index contributed by atoms with van der Waals surface area (Å²) in [6.07, 6.45) is 2.17. The van der Waals surface area contributed by atoms with Gasteiger partial charge in [-0.1, -0.05) is 43.0 Å². The Morgan fingerprint density at radius 1 is 1.16 bits per heavy atom. The normalized spacial score (nSPS) is 19.1. The smallest absolute Gasteiger partial charge is 0.319 e. The van der Waals surface area contributed by atoms with E-state index in [9.17, 15) is 14.4 Å². The Kier molecular flexibility index (Phi) is 7.62. The van der Waals surface area contributed by atoms with Crippen molar-refractivity contribution in [2.24, 2.45) is 0 Å². The van der Waals surface area contributed by atoms with Crippen LogP contribution in [0.15, 0.2) is 55.0 Å². The molecule has 2 aliphatic rings. The quantitative estimate of drug-likeness (QED) is 0.299. The van der Waals surface area contributed by atoms with Gasteiger partial charge in [0, 0.05) is 44.5 Å². The number of likely N-dealkylation sites (N-methyl/N-ethyl adjacent to an activating group) is 1. The average Bonchev–Trinajstić information content (AvgIpc) is 3.41. The number of pyridine rings is 1. The first-order chi connectivity index (χ1) is 20.7. The molecule has 4 heterocycles. The Morgan fingerprint density at radius 2 is 1.95 bits per heavy atom. The van der Waals surface area contributed by atoms with Crippen LogP contribution in [0.5, 0.6) is 6.01 Å². The van der Waals surface area contributed by atoms with Gasteiger partial charge in [0.2, 0.25) is 0 Å². The molecule has 2 aliphatic heterocycles. The van der Waals surface area contributed by atoms with Crippen molar-refractivity contribution in [2.75, 3.05) is 44.7 Å². The Hall–Kier alpha value is -4.69. The zero-order valence-corrected chi connectivity index (χ0v) is 24.1. The van der Waals surface area contributed by atoms with E-state index in [0.29, 0.717) is 23.3 Å². The van der Waals surface area contributed by atoms with Crippen LogP contribution in [-0.4, -0.2) is 82.6 Å². The molecule has 0 saturated carbocycles. The summed E-state index contributed by atoms with van der Waals surface area (Å²) in [6, 6.07) is 13.1. The van der Waals surface area contributed by atoms with Crippen LogP contribution in [0.25, 0.3) is 32.9 Å². The van der Waals surface area contributed by atoms with Gasteiger partial charge in [0.05, 0.1) is 23.9 Å². The number of benzene rings is 2. The summed E-state index contributed by atoms with van der Waals surface area (Å²) < 4.78 is 36.5. The largest absolute Gasteiger partial charge is 0.459 e. The number of halogens is 2. The van der Waals surface area contributed by atoms with Gasteiger partial charge < -0.3 is 19.4 Å². The summed E-state index contributed by atoms with van der Waals surface area (Å²) in [7, 11) is 2.00. The van der Waals surface area contributed by atoms with Gasteiger partial charge >= 0.3 is 6.01 Å². The molecule has 11 heteroatoms. The van der Waals surface area contributed by atoms with Crippen molar-refractivity contribution >= 4 is 33.4 Å². The number of hydrogen-bond donors (Lipinski definition) is 0. The van der Waals surface area contributed by atoms with E-state index in [1.54, 1.807) is 6.20 Å². The third kappa shape index (κ3) is 5.34. The third-order valence-corrected chi connectivity index (χ3v) is 8.23. The molecule has 6 rings (SSSR count). The highest BCUT2D eigenvalue weighted by atomic mass is 19.1. The van der Waals surface area contributed by atoms with E-state index in [1.807, 2.05) is 55.3 Å². The number of amides is 1. The van der Waals surface area contributed by atoms with E-state index in [4.69, 9.17) is 9.72 Å². The third-order valence-electron chi connectivity index (χ3n) is 8.23. The molecule has 0 radical (unpaired) electrons. The predicted octanol–water partition coefficient (Wildman–Crippen LogP) is 4.79. The lowest BCUT2D eigenvalue weighted by Crippen LogP contribution is -2.55. The van der Waals surface area contributed by atoms with Crippen molar-refractivity contribution in [1.82, 2.24) is 24.8 Å². The monoisotopic (exact) mass is 583 g/mol. The lowest BCUT2D eigenvalue weighted by Gasteiger charge is -2.41. The van der Waals surface area contributed by atoms with E-state index < -0.39 is 23.6 Å². The number of aromatic nitrogens is 3. The van der Waals surface area contributed by atoms with Gasteiger partial charge in [-0.3, -0.25) is 9.78 Å². The highest BCUT2D eigenvalue weighted by Crippen LogP contribution is 2.36. The molecule has 2 atom stereocenters. The number of nitrogens with zero attached hydrogens (tertiary/aromatic N) is 7. The van der Waals surface area contributed by atoms with E-state index in [-0.39, 0.29) is 49.4 Å². The minimum Gasteiger partial charge on any atom is -0.459 e. The second kappa shape index (κ2) is 11.5. The number of nitriles is 1. The Balaban J connectivity index is 1.47. The molecule has 4 aromatic rings. The van der Waals surface area contributed by atoms with Crippen LogP contribution in [0.4, 0.5) is 14.6 Å². The van der Waals surface area contributed by atoms with Gasteiger partial charge in [-0.2, -0.15) is 15.2 Å². The molecule has 43 heavy (non-hydrogen) atoms. The van der Waals surface area contributed by atoms with Gasteiger partial charge in [0.25, 0.3) is 5.91 Å². The van der Waals surface area contributed by atoms with E-state index in [1.165, 1.54) is 4.90 Å². The van der Waals surface area contributed by atoms with Gasteiger partial charge in [0.1, 0.15) is 23.1 Å². The number of piperazine rings is 1. The Morgan fingerprint density at radius 3 is 2.67 bits per heavy atom. The van der Waals surface area contributed by atoms with Crippen molar-refractivity contribution in [3.05, 3.63) is 66.4 Å². The molecule has 2 saturated heterocycles. The summed E-state index contributed by atoms with van der Waals surface area (Å²) in [5, 5.41) is 11.7. The first-order valence-electron chi connectivity index (χ1n) is 14.2. The zero-order chi connectivity index (χ0) is 30.2. The van der Waals surface area contributed by atoms with Crippen LogP contribution in [0.2, 0.25) is 0 Å². The Labute approximate surface area is 248 Å². The predicted molar refractivity (Wildman–Crippen MR) is 160 cm³/mol. The van der Waals surface area contributed by atoms with E-state index in [0.717, 1.165) is 29.3 Å². The highest BCUT2D eigenvalue weighted by molar-refractivity contribution is 6.00. The summed E-state index contributed by atoms with van der Waals surface area (Å²) in [5.41, 5.74) is 1.89. The molecule has 1 amide bonds. The van der Waals surface area contributed by atoms with E-state index in [2.05, 4.69) is 27.5 Å². The Bertz CT molecular complexity index is 1780. The summed E-state index contributed by atoms with van der Waals surface area (Å²) in [4.78, 5) is 31.6. The second-order valence-electron chi connectivity index (χ2n) is 11.1. The molecule has 0 N–H and O–H groups in total. The maximum absolute atomic E-state index is 16.6. The number of rotatable bonds is 6. The fourth-order valence-corrected chi connectivity index (χ4v) is 6.12. The number of anilines is 1. The molecular weight excluding hydrogens is 552 g/mol. The minimum atomic E-state index is -1.08. The lowest BCUT2D eigenvalue weighted by atomic mass is 9.97. The molecular formula is C32H31F2N7O2.